The van der Waals surface area contributed by atoms with Gasteiger partial charge in [-0.05, 0) is 98.7 Å². The molecule has 5 unspecified atom stereocenters. The van der Waals surface area contributed by atoms with Gasteiger partial charge in [0.2, 0.25) is 0 Å². The average molecular weight is 690 g/mol. The van der Waals surface area contributed by atoms with E-state index in [1.807, 2.05) is 45.8 Å². The van der Waals surface area contributed by atoms with Gasteiger partial charge in [0, 0.05) is 19.4 Å². The van der Waals surface area contributed by atoms with Crippen LogP contribution in [0.4, 0.5) is 0 Å². The number of likely N-dealkylation sites (N-methyl/N-ethyl adjacent to an activating group) is 1. The molecule has 1 fully saturated rings. The Morgan fingerprint density at radius 1 is 1.08 bits per heavy atom. The molecule has 11 nitrogen and oxygen atoms in total. The number of allylic oxidation sites excluding steroid dienone is 1. The summed E-state index contributed by atoms with van der Waals surface area (Å²) in [4.78, 5) is 53.4. The van der Waals surface area contributed by atoms with Crippen molar-refractivity contribution in [2.75, 3.05) is 21.2 Å². The molecule has 1 aromatic rings. The summed E-state index contributed by atoms with van der Waals surface area (Å²) in [6.45, 7) is 15.4. The molecule has 0 aromatic heterocycles. The second kappa shape index (κ2) is 18.3. The highest BCUT2D eigenvalue weighted by atomic mass is 16.7. The second-order valence-corrected chi connectivity index (χ2v) is 14.0. The average Bonchev–Trinajstić information content (AvgIpc) is 3.06. The number of hydrogen-bond acceptors (Lipinski definition) is 11. The fourth-order valence-corrected chi connectivity index (χ4v) is 6.28. The number of esters is 2. The quantitative estimate of drug-likeness (QED) is 0.122. The molecule has 11 heteroatoms. The highest BCUT2D eigenvalue weighted by molar-refractivity contribution is 5.98. The summed E-state index contributed by atoms with van der Waals surface area (Å²) in [6.07, 6.45) is -0.612. The van der Waals surface area contributed by atoms with Crippen molar-refractivity contribution in [2.45, 2.75) is 136 Å². The number of ether oxygens (including phenoxy) is 5. The highest BCUT2D eigenvalue weighted by Crippen LogP contribution is 2.34. The maximum Gasteiger partial charge on any atom is 0.338 e. The molecule has 0 saturated carbocycles. The summed E-state index contributed by atoms with van der Waals surface area (Å²) in [5.41, 5.74) is -1.91. The molecular weight excluding hydrogens is 630 g/mol. The molecular formula is C38H59NO10. The Bertz CT molecular complexity index is 1290. The van der Waals surface area contributed by atoms with E-state index in [1.165, 1.54) is 19.9 Å². The zero-order chi connectivity index (χ0) is 37.3. The van der Waals surface area contributed by atoms with Gasteiger partial charge in [0.25, 0.3) is 0 Å². The monoisotopic (exact) mass is 689 g/mol. The Morgan fingerprint density at radius 2 is 1.69 bits per heavy atom. The lowest BCUT2D eigenvalue weighted by Crippen LogP contribution is -2.58. The van der Waals surface area contributed by atoms with E-state index in [2.05, 4.69) is 0 Å². The lowest BCUT2D eigenvalue weighted by atomic mass is 9.83. The first-order valence-corrected chi connectivity index (χ1v) is 17.3. The van der Waals surface area contributed by atoms with E-state index in [1.54, 1.807) is 59.1 Å². The summed E-state index contributed by atoms with van der Waals surface area (Å²) in [7, 11) is 5.40. The number of hydrogen-bond donors (Lipinski definition) is 1. The number of carbonyl (C=O) groups is 4. The van der Waals surface area contributed by atoms with E-state index >= 15 is 0 Å². The molecule has 1 saturated heterocycles. The third-order valence-corrected chi connectivity index (χ3v) is 9.69. The number of benzene rings is 1. The normalized spacial score (nSPS) is 24.9. The van der Waals surface area contributed by atoms with Crippen LogP contribution in [0, 0.1) is 11.8 Å². The molecule has 0 bridgehead atoms. The van der Waals surface area contributed by atoms with Crippen molar-refractivity contribution < 1.29 is 48.0 Å². The first kappa shape index (κ1) is 42.2. The van der Waals surface area contributed by atoms with Crippen LogP contribution in [0.5, 0.6) is 0 Å². The molecule has 1 aliphatic rings. The van der Waals surface area contributed by atoms with Crippen LogP contribution in [0.25, 0.3) is 0 Å². The number of carbonyl (C=O) groups excluding carboxylic acids is 4. The van der Waals surface area contributed by atoms with E-state index in [0.29, 0.717) is 17.6 Å². The van der Waals surface area contributed by atoms with Gasteiger partial charge in [0.05, 0.1) is 29.4 Å². The van der Waals surface area contributed by atoms with E-state index < -0.39 is 59.6 Å². The van der Waals surface area contributed by atoms with Crippen LogP contribution in [0.15, 0.2) is 42.0 Å². The fourth-order valence-electron chi connectivity index (χ4n) is 6.28. The van der Waals surface area contributed by atoms with Gasteiger partial charge in [-0.3, -0.25) is 14.4 Å². The van der Waals surface area contributed by atoms with Gasteiger partial charge in [-0.25, -0.2) is 4.79 Å². The van der Waals surface area contributed by atoms with E-state index in [4.69, 9.17) is 23.7 Å². The van der Waals surface area contributed by atoms with Gasteiger partial charge >= 0.3 is 11.9 Å². The molecule has 1 aliphatic heterocycles. The predicted octanol–water partition coefficient (Wildman–Crippen LogP) is 5.32. The van der Waals surface area contributed by atoms with Crippen molar-refractivity contribution in [3.05, 3.63) is 47.5 Å². The molecule has 1 aromatic carbocycles. The zero-order valence-electron chi connectivity index (χ0n) is 31.5. The summed E-state index contributed by atoms with van der Waals surface area (Å²) in [5, 5.41) is 11.3. The van der Waals surface area contributed by atoms with Crippen LogP contribution in [0.1, 0.15) is 98.4 Å². The van der Waals surface area contributed by atoms with Crippen molar-refractivity contribution in [1.82, 2.24) is 4.90 Å². The van der Waals surface area contributed by atoms with Gasteiger partial charge in [-0.2, -0.15) is 0 Å². The van der Waals surface area contributed by atoms with Gasteiger partial charge in [-0.15, -0.1) is 0 Å². The summed E-state index contributed by atoms with van der Waals surface area (Å²) >= 11 is 0. The first-order valence-electron chi connectivity index (χ1n) is 17.3. The molecule has 2 rings (SSSR count). The number of Topliss-reactive ketones (excluding diaryl/α,β-unsaturated/α-hetero) is 2. The number of aliphatic hydroxyl groups is 1. The Kier molecular flexibility index (Phi) is 15.8. The Hall–Kier alpha value is -2.96. The minimum absolute atomic E-state index is 0.173. The maximum atomic E-state index is 13.6. The molecule has 49 heavy (non-hydrogen) atoms. The molecule has 1 heterocycles. The van der Waals surface area contributed by atoms with Crippen LogP contribution in [-0.2, 0) is 38.1 Å². The van der Waals surface area contributed by atoms with Gasteiger partial charge in [-0.1, -0.05) is 39.0 Å². The fraction of sp³-hybridized carbons (Fsp3) is 0.684. The second-order valence-electron chi connectivity index (χ2n) is 14.0. The summed E-state index contributed by atoms with van der Waals surface area (Å²) < 4.78 is 30.3. The van der Waals surface area contributed by atoms with Gasteiger partial charge in [0.1, 0.15) is 23.4 Å². The maximum absolute atomic E-state index is 13.6. The SMILES string of the molecule is CCC(=O)C(C)C(=O)OC(CC)[C@@](C)(O)/C=C(\C)C(=O)[C@H](C)C[C@](C)(OC)[C@@H](C)OC1OC(C)CC(N(C)C)[C@H]1OC(=O)c1ccccc1. The Labute approximate surface area is 292 Å². The van der Waals surface area contributed by atoms with Gasteiger partial charge < -0.3 is 33.7 Å². The molecule has 0 radical (unpaired) electrons. The molecule has 1 N–H and O–H groups in total. The largest absolute Gasteiger partial charge is 0.458 e. The van der Waals surface area contributed by atoms with Crippen LogP contribution >= 0.6 is 0 Å². The molecule has 0 amide bonds. The number of ketones is 2. The number of methoxy groups -OCH3 is 1. The number of nitrogens with zero attached hydrogens (tertiary/aromatic N) is 1. The van der Waals surface area contributed by atoms with E-state index in [-0.39, 0.29) is 43.0 Å². The van der Waals surface area contributed by atoms with E-state index in [0.717, 1.165) is 0 Å². The minimum Gasteiger partial charge on any atom is -0.458 e. The Balaban J connectivity index is 2.23. The summed E-state index contributed by atoms with van der Waals surface area (Å²) in [6, 6.07) is 8.58. The molecule has 10 atom stereocenters. The smallest absolute Gasteiger partial charge is 0.338 e. The third-order valence-electron chi connectivity index (χ3n) is 9.69. The topological polar surface area (TPSA) is 138 Å². The van der Waals surface area contributed by atoms with Crippen molar-refractivity contribution in [3.63, 3.8) is 0 Å². The van der Waals surface area contributed by atoms with Crippen LogP contribution in [-0.4, -0.2) is 103 Å². The lowest BCUT2D eigenvalue weighted by Gasteiger charge is -2.45. The number of rotatable bonds is 18. The van der Waals surface area contributed by atoms with E-state index in [9.17, 15) is 24.3 Å². The zero-order valence-corrected chi connectivity index (χ0v) is 31.5. The molecule has 276 valence electrons. The molecule has 0 aliphatic carbocycles. The van der Waals surface area contributed by atoms with Crippen LogP contribution in [0.2, 0.25) is 0 Å². The highest BCUT2D eigenvalue weighted by Gasteiger charge is 2.46. The van der Waals surface area contributed by atoms with Crippen molar-refractivity contribution in [1.29, 1.82) is 0 Å². The Morgan fingerprint density at radius 3 is 2.22 bits per heavy atom. The van der Waals surface area contributed by atoms with Crippen molar-refractivity contribution >= 4 is 23.5 Å². The predicted molar refractivity (Wildman–Crippen MR) is 186 cm³/mol. The van der Waals surface area contributed by atoms with Crippen LogP contribution < -0.4 is 0 Å². The van der Waals surface area contributed by atoms with Gasteiger partial charge in [0.15, 0.2) is 18.2 Å². The van der Waals surface area contributed by atoms with Crippen molar-refractivity contribution in [2.24, 2.45) is 11.8 Å². The van der Waals surface area contributed by atoms with Crippen molar-refractivity contribution in [3.8, 4) is 0 Å². The summed E-state index contributed by atoms with van der Waals surface area (Å²) in [5.74, 6) is -3.16. The van der Waals surface area contributed by atoms with Crippen LogP contribution in [0.3, 0.4) is 0 Å². The standard InChI is InChI=1S/C38H59NO10/c1-13-30(40)26(6)34(42)48-31(14-2)37(8,44)21-23(3)32(41)24(4)22-38(9,45-12)27(7)47-36-33(29(39(10)11)20-25(5)46-36)49-35(43)28-18-16-15-17-19-28/h15-19,21,24-27,29,31,33,36,44H,13-14,20,22H2,1-12H3/b23-21+/t24-,25?,26?,27-,29?,31?,33-,36?,37+,38+/m1/s1. The first-order chi connectivity index (χ1) is 22.8. The minimum atomic E-state index is -1.66. The lowest BCUT2D eigenvalue weighted by molar-refractivity contribution is -0.285. The molecule has 0 spiro atoms. The third kappa shape index (κ3) is 11.3.